The molecule has 3 aromatic rings. The first-order chi connectivity index (χ1) is 11.4. The molecular weight excluding hydrogens is 400 g/mol. The van der Waals surface area contributed by atoms with Crippen LogP contribution in [-0.4, -0.2) is 9.78 Å². The Bertz CT molecular complexity index is 924. The van der Waals surface area contributed by atoms with Gasteiger partial charge in [0.15, 0.2) is 0 Å². The fourth-order valence-electron chi connectivity index (χ4n) is 2.53. The molecule has 0 unspecified atom stereocenters. The molecule has 0 bridgehead atoms. The molecule has 7 heteroatoms. The molecule has 0 spiro atoms. The highest BCUT2D eigenvalue weighted by molar-refractivity contribution is 9.10. The Balaban J connectivity index is 2.12. The van der Waals surface area contributed by atoms with E-state index in [-0.39, 0.29) is 5.82 Å². The topological polar surface area (TPSA) is 29.9 Å². The number of anilines is 2. The van der Waals surface area contributed by atoms with Crippen LogP contribution in [0.1, 0.15) is 5.69 Å². The lowest BCUT2D eigenvalue weighted by molar-refractivity contribution is 0.627. The summed E-state index contributed by atoms with van der Waals surface area (Å²) < 4.78 is 28.9. The molecule has 0 aliphatic carbocycles. The maximum atomic E-state index is 13.3. The average molecular weight is 413 g/mol. The summed E-state index contributed by atoms with van der Waals surface area (Å²) in [5, 5.41) is 7.94. The molecule has 1 aromatic heterocycles. The molecule has 0 saturated carbocycles. The summed E-state index contributed by atoms with van der Waals surface area (Å²) in [6.07, 6.45) is 0. The molecule has 124 valence electrons. The zero-order chi connectivity index (χ0) is 17.4. The number of benzene rings is 2. The summed E-state index contributed by atoms with van der Waals surface area (Å²) >= 11 is 9.54. The van der Waals surface area contributed by atoms with E-state index >= 15 is 0 Å². The number of aryl methyl sites for hydroxylation is 2. The van der Waals surface area contributed by atoms with Gasteiger partial charge in [-0.25, -0.2) is 8.78 Å². The molecule has 2 aromatic carbocycles. The number of halogens is 4. The first-order valence-corrected chi connectivity index (χ1v) is 8.25. The summed E-state index contributed by atoms with van der Waals surface area (Å²) in [7, 11) is 1.79. The van der Waals surface area contributed by atoms with Crippen molar-refractivity contribution in [2.24, 2.45) is 7.05 Å². The van der Waals surface area contributed by atoms with Crippen LogP contribution >= 0.6 is 27.5 Å². The maximum absolute atomic E-state index is 13.3. The summed E-state index contributed by atoms with van der Waals surface area (Å²) in [5.41, 5.74) is 2.86. The van der Waals surface area contributed by atoms with E-state index in [4.69, 9.17) is 11.6 Å². The molecule has 3 nitrogen and oxygen atoms in total. The fourth-order valence-corrected chi connectivity index (χ4v) is 3.25. The monoisotopic (exact) mass is 411 g/mol. The van der Waals surface area contributed by atoms with Crippen LogP contribution in [0.25, 0.3) is 11.1 Å². The number of aromatic nitrogens is 2. The van der Waals surface area contributed by atoms with Gasteiger partial charge in [-0.15, -0.1) is 0 Å². The summed E-state index contributed by atoms with van der Waals surface area (Å²) in [6.45, 7) is 1.85. The van der Waals surface area contributed by atoms with Gasteiger partial charge in [-0.1, -0.05) is 11.6 Å². The molecular formula is C17H13BrClF2N3. The molecule has 0 saturated heterocycles. The number of nitrogens with zero attached hydrogens (tertiary/aromatic N) is 2. The van der Waals surface area contributed by atoms with E-state index in [1.54, 1.807) is 23.9 Å². The van der Waals surface area contributed by atoms with E-state index in [1.165, 1.54) is 24.3 Å². The van der Waals surface area contributed by atoms with Crippen LogP contribution in [0.3, 0.4) is 0 Å². The predicted molar refractivity (Wildman–Crippen MR) is 95.7 cm³/mol. The lowest BCUT2D eigenvalue weighted by Gasteiger charge is -2.12. The van der Waals surface area contributed by atoms with Gasteiger partial charge >= 0.3 is 0 Å². The van der Waals surface area contributed by atoms with Gasteiger partial charge in [0.2, 0.25) is 0 Å². The highest BCUT2D eigenvalue weighted by atomic mass is 79.9. The zero-order valence-electron chi connectivity index (χ0n) is 12.9. The van der Waals surface area contributed by atoms with Gasteiger partial charge in [-0.05, 0) is 59.3 Å². The van der Waals surface area contributed by atoms with E-state index in [9.17, 15) is 8.78 Å². The second kappa shape index (κ2) is 6.53. The van der Waals surface area contributed by atoms with E-state index in [1.807, 2.05) is 6.92 Å². The van der Waals surface area contributed by atoms with Gasteiger partial charge in [0.25, 0.3) is 0 Å². The van der Waals surface area contributed by atoms with Crippen molar-refractivity contribution in [1.29, 1.82) is 0 Å². The van der Waals surface area contributed by atoms with Crippen LogP contribution in [0.2, 0.25) is 5.02 Å². The second-order valence-corrected chi connectivity index (χ2v) is 6.57. The lowest BCUT2D eigenvalue weighted by atomic mass is 10.1. The first-order valence-electron chi connectivity index (χ1n) is 7.08. The van der Waals surface area contributed by atoms with E-state index in [0.29, 0.717) is 26.6 Å². The SMILES string of the molecule is Cc1nn(C)c(Nc2ccc(F)cc2Br)c1-c1ccc(F)cc1Cl. The maximum Gasteiger partial charge on any atom is 0.136 e. The minimum atomic E-state index is -0.402. The van der Waals surface area contributed by atoms with Crippen LogP contribution in [0.4, 0.5) is 20.3 Å². The normalized spacial score (nSPS) is 10.9. The van der Waals surface area contributed by atoms with E-state index < -0.39 is 5.82 Å². The van der Waals surface area contributed by atoms with Gasteiger partial charge in [0, 0.05) is 22.6 Å². The van der Waals surface area contributed by atoms with Crippen molar-refractivity contribution in [2.45, 2.75) is 6.92 Å². The average Bonchev–Trinajstić information content (AvgIpc) is 2.76. The molecule has 0 atom stereocenters. The van der Waals surface area contributed by atoms with Gasteiger partial charge in [-0.3, -0.25) is 4.68 Å². The number of rotatable bonds is 3. The summed E-state index contributed by atoms with van der Waals surface area (Å²) in [4.78, 5) is 0. The van der Waals surface area contributed by atoms with Crippen molar-refractivity contribution in [3.05, 3.63) is 63.2 Å². The highest BCUT2D eigenvalue weighted by Gasteiger charge is 2.19. The molecule has 1 heterocycles. The van der Waals surface area contributed by atoms with Crippen molar-refractivity contribution in [1.82, 2.24) is 9.78 Å². The standard InChI is InChI=1S/C17H13BrClF2N3/c1-9-16(12-5-3-11(21)8-14(12)19)17(24(2)23-9)22-15-6-4-10(20)7-13(15)18/h3-8,22H,1-2H3. The van der Waals surface area contributed by atoms with Crippen LogP contribution in [0.5, 0.6) is 0 Å². The van der Waals surface area contributed by atoms with Crippen LogP contribution in [0.15, 0.2) is 40.9 Å². The fraction of sp³-hybridized carbons (Fsp3) is 0.118. The molecule has 0 aliphatic rings. The first kappa shape index (κ1) is 16.9. The summed E-state index contributed by atoms with van der Waals surface area (Å²) in [6, 6.07) is 8.59. The highest BCUT2D eigenvalue weighted by Crippen LogP contribution is 2.38. The van der Waals surface area contributed by atoms with Gasteiger partial charge in [0.05, 0.1) is 16.4 Å². The molecule has 1 N–H and O–H groups in total. The van der Waals surface area contributed by atoms with E-state index in [0.717, 1.165) is 11.3 Å². The third-order valence-electron chi connectivity index (χ3n) is 3.61. The third kappa shape index (κ3) is 3.16. The second-order valence-electron chi connectivity index (χ2n) is 5.31. The van der Waals surface area contributed by atoms with Gasteiger partial charge in [0.1, 0.15) is 17.5 Å². The molecule has 3 rings (SSSR count). The smallest absolute Gasteiger partial charge is 0.136 e. The Morgan fingerprint density at radius 2 is 1.79 bits per heavy atom. The Hall–Kier alpha value is -1.92. The van der Waals surface area contributed by atoms with Crippen LogP contribution in [0, 0.1) is 18.6 Å². The quantitative estimate of drug-likeness (QED) is 0.586. The minimum absolute atomic E-state index is 0.298. The molecule has 24 heavy (non-hydrogen) atoms. The number of nitrogens with one attached hydrogen (secondary N) is 1. The van der Waals surface area contributed by atoms with Crippen LogP contribution < -0.4 is 5.32 Å². The Morgan fingerprint density at radius 1 is 1.12 bits per heavy atom. The van der Waals surface area contributed by atoms with Crippen LogP contribution in [-0.2, 0) is 7.05 Å². The van der Waals surface area contributed by atoms with Crippen molar-refractivity contribution in [3.63, 3.8) is 0 Å². The largest absolute Gasteiger partial charge is 0.339 e. The summed E-state index contributed by atoms with van der Waals surface area (Å²) in [5.74, 6) is -0.0650. The molecule has 0 radical (unpaired) electrons. The third-order valence-corrected chi connectivity index (χ3v) is 4.58. The minimum Gasteiger partial charge on any atom is -0.339 e. The van der Waals surface area contributed by atoms with Gasteiger partial charge < -0.3 is 5.32 Å². The molecule has 0 amide bonds. The Kier molecular flexibility index (Phi) is 4.60. The van der Waals surface area contributed by atoms with E-state index in [2.05, 4.69) is 26.3 Å². The number of hydrogen-bond donors (Lipinski definition) is 1. The van der Waals surface area contributed by atoms with Crippen molar-refractivity contribution in [2.75, 3.05) is 5.32 Å². The van der Waals surface area contributed by atoms with Crippen molar-refractivity contribution in [3.8, 4) is 11.1 Å². The van der Waals surface area contributed by atoms with Gasteiger partial charge in [-0.2, -0.15) is 5.10 Å². The predicted octanol–water partition coefficient (Wildman–Crippen LogP) is 5.83. The zero-order valence-corrected chi connectivity index (χ0v) is 15.2. The lowest BCUT2D eigenvalue weighted by Crippen LogP contribution is -2.01. The number of hydrogen-bond acceptors (Lipinski definition) is 2. The van der Waals surface area contributed by atoms with Crippen molar-refractivity contribution < 1.29 is 8.78 Å². The Morgan fingerprint density at radius 3 is 2.46 bits per heavy atom. The Labute approximate surface area is 151 Å². The molecule has 0 aliphatic heterocycles. The van der Waals surface area contributed by atoms with Crippen molar-refractivity contribution >= 4 is 39.0 Å². The molecule has 0 fully saturated rings.